The van der Waals surface area contributed by atoms with E-state index in [9.17, 15) is 18.3 Å². The minimum atomic E-state index is -3.66. The number of fused-ring (bicyclic) bond motifs is 6. The molecule has 43 heavy (non-hydrogen) atoms. The van der Waals surface area contributed by atoms with Crippen molar-refractivity contribution in [3.63, 3.8) is 0 Å². The number of hydrogen-bond acceptors (Lipinski definition) is 4. The van der Waals surface area contributed by atoms with Crippen LogP contribution in [-0.4, -0.2) is 39.6 Å². The van der Waals surface area contributed by atoms with Gasteiger partial charge < -0.3 is 10.0 Å². The number of rotatable bonds is 8. The number of nitrogens with one attached hydrogen (secondary N) is 1. The minimum absolute atomic E-state index is 0.0216. The standard InChI is InChI=1S/C36H52N2O4S/c1-23(12-17-34(39)40)29-15-16-30-28-14-13-24-22-25(18-20-35(24,2)31(28)19-21-36(29,30)3)37-43(41,42)33-11-7-8-26-27(33)9-6-10-32(26)38(4)5/h6-11,23-25,28-31,37H,12-22H2,1-5H3,(H,39,40)/t23-,24-,25-,28?,29?,30?,31?,35+,36-/m1/s1. The zero-order chi connectivity index (χ0) is 30.7. The molecule has 0 saturated heterocycles. The molecule has 2 N–H and O–H groups in total. The average molecular weight is 609 g/mol. The zero-order valence-corrected chi connectivity index (χ0v) is 27.6. The quantitative estimate of drug-likeness (QED) is 0.321. The Bertz CT molecular complexity index is 1470. The molecule has 0 heterocycles. The molecule has 0 aliphatic heterocycles. The molecular formula is C36H52N2O4S. The maximum Gasteiger partial charge on any atom is 0.303 e. The van der Waals surface area contributed by atoms with Gasteiger partial charge in [-0.2, -0.15) is 0 Å². The number of carboxylic acids is 1. The molecule has 0 aromatic heterocycles. The van der Waals surface area contributed by atoms with E-state index in [1.165, 1.54) is 38.5 Å². The van der Waals surface area contributed by atoms with E-state index in [1.54, 1.807) is 6.07 Å². The fourth-order valence-corrected chi connectivity index (χ4v) is 12.6. The first-order chi connectivity index (χ1) is 20.3. The van der Waals surface area contributed by atoms with Gasteiger partial charge in [0.2, 0.25) is 10.0 Å². The van der Waals surface area contributed by atoms with Gasteiger partial charge in [-0.15, -0.1) is 0 Å². The number of nitrogens with zero attached hydrogens (tertiary/aromatic N) is 1. The number of hydrogen-bond donors (Lipinski definition) is 2. The average Bonchev–Trinajstić information content (AvgIpc) is 3.32. The van der Waals surface area contributed by atoms with E-state index in [0.717, 1.165) is 59.9 Å². The fourth-order valence-electron chi connectivity index (χ4n) is 11.1. The maximum absolute atomic E-state index is 13.8. The lowest BCUT2D eigenvalue weighted by atomic mass is 9.44. The van der Waals surface area contributed by atoms with Gasteiger partial charge in [-0.05, 0) is 123 Å². The summed E-state index contributed by atoms with van der Waals surface area (Å²) >= 11 is 0. The van der Waals surface area contributed by atoms with Crippen molar-refractivity contribution in [1.82, 2.24) is 4.72 Å². The van der Waals surface area contributed by atoms with Crippen LogP contribution in [0.25, 0.3) is 10.8 Å². The molecule has 0 amide bonds. The summed E-state index contributed by atoms with van der Waals surface area (Å²) in [7, 11) is 0.318. The van der Waals surface area contributed by atoms with Gasteiger partial charge in [0.15, 0.2) is 0 Å². The molecule has 6 nitrogen and oxygen atoms in total. The molecule has 4 aliphatic carbocycles. The van der Waals surface area contributed by atoms with E-state index >= 15 is 0 Å². The lowest BCUT2D eigenvalue weighted by molar-refractivity contribution is -0.137. The summed E-state index contributed by atoms with van der Waals surface area (Å²) in [5.41, 5.74) is 1.63. The first kappa shape index (κ1) is 30.9. The monoisotopic (exact) mass is 608 g/mol. The van der Waals surface area contributed by atoms with Crippen LogP contribution in [0, 0.1) is 46.3 Å². The van der Waals surface area contributed by atoms with Crippen molar-refractivity contribution in [1.29, 1.82) is 0 Å². The number of anilines is 1. The molecule has 2 aromatic carbocycles. The Hall–Kier alpha value is -2.12. The highest BCUT2D eigenvalue weighted by Crippen LogP contribution is 2.68. The van der Waals surface area contributed by atoms with E-state index in [2.05, 4.69) is 25.5 Å². The van der Waals surface area contributed by atoms with Crippen molar-refractivity contribution in [3.8, 4) is 0 Å². The second-order valence-corrected chi connectivity index (χ2v) is 17.1. The first-order valence-corrected chi connectivity index (χ1v) is 18.3. The summed E-state index contributed by atoms with van der Waals surface area (Å²) in [6, 6.07) is 11.5. The normalized spacial score (nSPS) is 36.4. The number of sulfonamides is 1. The Balaban J connectivity index is 1.16. The fraction of sp³-hybridized carbons (Fsp3) is 0.694. The highest BCUT2D eigenvalue weighted by atomic mass is 32.2. The Morgan fingerprint density at radius 2 is 1.65 bits per heavy atom. The Morgan fingerprint density at radius 1 is 0.953 bits per heavy atom. The van der Waals surface area contributed by atoms with Crippen molar-refractivity contribution in [2.45, 2.75) is 102 Å². The molecule has 0 radical (unpaired) electrons. The molecule has 4 aliphatic rings. The van der Waals surface area contributed by atoms with Gasteiger partial charge in [0.1, 0.15) is 0 Å². The topological polar surface area (TPSA) is 86.7 Å². The third-order valence-corrected chi connectivity index (χ3v) is 14.8. The van der Waals surface area contributed by atoms with E-state index in [-0.39, 0.29) is 17.9 Å². The van der Waals surface area contributed by atoms with Gasteiger partial charge >= 0.3 is 5.97 Å². The smallest absolute Gasteiger partial charge is 0.303 e. The molecule has 4 saturated carbocycles. The number of aliphatic carboxylic acids is 1. The summed E-state index contributed by atoms with van der Waals surface area (Å²) in [5.74, 6) is 3.21. The van der Waals surface area contributed by atoms with E-state index in [0.29, 0.717) is 28.1 Å². The van der Waals surface area contributed by atoms with Gasteiger partial charge in [-0.1, -0.05) is 45.0 Å². The Kier molecular flexibility index (Phi) is 8.15. The number of carbonyl (C=O) groups is 1. The van der Waals surface area contributed by atoms with Crippen LogP contribution in [0.1, 0.15) is 91.4 Å². The second-order valence-electron chi connectivity index (χ2n) is 15.4. The molecule has 7 heteroatoms. The predicted molar refractivity (Wildman–Crippen MR) is 174 cm³/mol. The maximum atomic E-state index is 13.8. The Labute approximate surface area is 259 Å². The van der Waals surface area contributed by atoms with Crippen LogP contribution < -0.4 is 9.62 Å². The summed E-state index contributed by atoms with van der Waals surface area (Å²) in [6.45, 7) is 7.38. The summed E-state index contributed by atoms with van der Waals surface area (Å²) in [6.07, 6.45) is 11.5. The van der Waals surface area contributed by atoms with Gasteiger partial charge in [0.25, 0.3) is 0 Å². The van der Waals surface area contributed by atoms with Crippen molar-refractivity contribution >= 4 is 32.5 Å². The third-order valence-electron chi connectivity index (χ3n) is 13.2. The van der Waals surface area contributed by atoms with Crippen LogP contribution in [0.2, 0.25) is 0 Å². The van der Waals surface area contributed by atoms with Crippen LogP contribution in [-0.2, 0) is 14.8 Å². The van der Waals surface area contributed by atoms with Crippen molar-refractivity contribution in [3.05, 3.63) is 36.4 Å². The van der Waals surface area contributed by atoms with Crippen LogP contribution in [0.15, 0.2) is 41.3 Å². The van der Waals surface area contributed by atoms with Gasteiger partial charge in [-0.25, -0.2) is 13.1 Å². The van der Waals surface area contributed by atoms with Crippen molar-refractivity contribution in [2.75, 3.05) is 19.0 Å². The highest BCUT2D eigenvalue weighted by molar-refractivity contribution is 7.89. The molecule has 0 bridgehead atoms. The van der Waals surface area contributed by atoms with Crippen molar-refractivity contribution < 1.29 is 18.3 Å². The molecule has 6 rings (SSSR count). The van der Waals surface area contributed by atoms with Crippen LogP contribution in [0.4, 0.5) is 5.69 Å². The first-order valence-electron chi connectivity index (χ1n) is 16.8. The van der Waals surface area contributed by atoms with E-state index in [4.69, 9.17) is 0 Å². The van der Waals surface area contributed by atoms with E-state index in [1.807, 2.05) is 49.3 Å². The minimum Gasteiger partial charge on any atom is -0.481 e. The van der Waals surface area contributed by atoms with Crippen LogP contribution in [0.3, 0.4) is 0 Å². The van der Waals surface area contributed by atoms with Gasteiger partial charge in [-0.3, -0.25) is 4.79 Å². The number of benzene rings is 2. The van der Waals surface area contributed by atoms with E-state index < -0.39 is 16.0 Å². The highest BCUT2D eigenvalue weighted by Gasteiger charge is 2.60. The molecule has 2 aromatic rings. The van der Waals surface area contributed by atoms with Gasteiger partial charge in [0, 0.05) is 43.0 Å². The molecule has 9 atom stereocenters. The predicted octanol–water partition coefficient (Wildman–Crippen LogP) is 7.71. The zero-order valence-electron chi connectivity index (χ0n) is 26.8. The lowest BCUT2D eigenvalue weighted by Crippen LogP contribution is -2.55. The van der Waals surface area contributed by atoms with Crippen LogP contribution >= 0.6 is 0 Å². The molecule has 236 valence electrons. The summed E-state index contributed by atoms with van der Waals surface area (Å²) in [4.78, 5) is 13.7. The van der Waals surface area contributed by atoms with Crippen molar-refractivity contribution in [2.24, 2.45) is 46.3 Å². The largest absolute Gasteiger partial charge is 0.481 e. The second kappa shape index (κ2) is 11.3. The number of carboxylic acid groups (broad SMARTS) is 1. The van der Waals surface area contributed by atoms with Gasteiger partial charge in [0.05, 0.1) is 4.90 Å². The lowest BCUT2D eigenvalue weighted by Gasteiger charge is -2.61. The summed E-state index contributed by atoms with van der Waals surface area (Å²) in [5, 5.41) is 11.0. The third kappa shape index (κ3) is 5.30. The summed E-state index contributed by atoms with van der Waals surface area (Å²) < 4.78 is 30.8. The SMILES string of the molecule is C[C@H](CCC(=O)O)C1CCC2C3CC[C@@H]4C[C@H](NS(=O)(=O)c5cccc6c(N(C)C)cccc56)CC[C@]4(C)C3CC[C@@]21C. The molecule has 4 fully saturated rings. The molecule has 0 spiro atoms. The van der Waals surface area contributed by atoms with Crippen LogP contribution in [0.5, 0.6) is 0 Å². The molecule has 4 unspecified atom stereocenters. The molecular weight excluding hydrogens is 556 g/mol. The Morgan fingerprint density at radius 3 is 2.40 bits per heavy atom.